The van der Waals surface area contributed by atoms with Gasteiger partial charge in [-0.1, -0.05) is 28.1 Å². The van der Waals surface area contributed by atoms with E-state index in [0.29, 0.717) is 12.0 Å². The molecule has 0 aliphatic carbocycles. The summed E-state index contributed by atoms with van der Waals surface area (Å²) in [5, 5.41) is 3.33. The lowest BCUT2D eigenvalue weighted by Crippen LogP contribution is -2.38. The fourth-order valence-corrected chi connectivity index (χ4v) is 2.96. The van der Waals surface area contributed by atoms with Crippen molar-refractivity contribution in [1.82, 2.24) is 10.2 Å². The third-order valence-electron chi connectivity index (χ3n) is 3.46. The summed E-state index contributed by atoms with van der Waals surface area (Å²) in [6, 6.07) is 8.99. The van der Waals surface area contributed by atoms with E-state index in [1.54, 1.807) is 0 Å². The van der Waals surface area contributed by atoms with Crippen molar-refractivity contribution in [3.05, 3.63) is 34.3 Å². The third kappa shape index (κ3) is 3.79. The number of rotatable bonds is 5. The largest absolute Gasteiger partial charge is 0.379 e. The maximum Gasteiger partial charge on any atom is 0.0623 e. The maximum atomic E-state index is 5.53. The second kappa shape index (κ2) is 6.66. The minimum absolute atomic E-state index is 0.495. The van der Waals surface area contributed by atoms with Crippen LogP contribution in [0.1, 0.15) is 5.56 Å². The van der Waals surface area contributed by atoms with Crippen molar-refractivity contribution < 1.29 is 4.74 Å². The van der Waals surface area contributed by atoms with Crippen LogP contribution in [0.3, 0.4) is 0 Å². The van der Waals surface area contributed by atoms with Crippen LogP contribution in [0.15, 0.2) is 28.7 Å². The summed E-state index contributed by atoms with van der Waals surface area (Å²) in [5.41, 5.74) is 1.34. The first-order chi connectivity index (χ1) is 8.69. The van der Waals surface area contributed by atoms with Gasteiger partial charge in [0.1, 0.15) is 0 Å². The van der Waals surface area contributed by atoms with Crippen LogP contribution in [0, 0.1) is 5.92 Å². The number of nitrogens with one attached hydrogen (secondary N) is 1. The fraction of sp³-hybridized carbons (Fsp3) is 0.571. The average molecular weight is 313 g/mol. The summed E-state index contributed by atoms with van der Waals surface area (Å²) in [7, 11) is 4.19. The Balaban J connectivity index is 1.86. The zero-order valence-corrected chi connectivity index (χ0v) is 12.6. The number of nitrogens with zero attached hydrogens (tertiary/aromatic N) is 1. The first kappa shape index (κ1) is 14.0. The van der Waals surface area contributed by atoms with Gasteiger partial charge in [-0.15, -0.1) is 0 Å². The zero-order chi connectivity index (χ0) is 13.0. The molecule has 3 nitrogen and oxygen atoms in total. The highest BCUT2D eigenvalue weighted by atomic mass is 79.9. The molecule has 1 N–H and O–H groups in total. The Hall–Kier alpha value is -0.420. The van der Waals surface area contributed by atoms with Crippen LogP contribution in [-0.4, -0.2) is 44.8 Å². The SMILES string of the molecule is CNC1COCC1CN(C)Cc1cccc(Br)c1. The van der Waals surface area contributed by atoms with E-state index in [9.17, 15) is 0 Å². The Bertz CT molecular complexity index is 386. The molecule has 1 aromatic carbocycles. The Morgan fingerprint density at radius 1 is 1.44 bits per heavy atom. The molecule has 100 valence electrons. The molecule has 1 aliphatic rings. The monoisotopic (exact) mass is 312 g/mol. The molecule has 1 fully saturated rings. The van der Waals surface area contributed by atoms with Crippen molar-refractivity contribution in [1.29, 1.82) is 0 Å². The molecule has 0 spiro atoms. The van der Waals surface area contributed by atoms with Gasteiger partial charge in [0.05, 0.1) is 13.2 Å². The maximum absolute atomic E-state index is 5.53. The summed E-state index contributed by atoms with van der Waals surface area (Å²) in [6.07, 6.45) is 0. The van der Waals surface area contributed by atoms with Crippen molar-refractivity contribution in [3.63, 3.8) is 0 Å². The topological polar surface area (TPSA) is 24.5 Å². The lowest BCUT2D eigenvalue weighted by molar-refractivity contribution is 0.172. The van der Waals surface area contributed by atoms with Gasteiger partial charge in [0.2, 0.25) is 0 Å². The van der Waals surface area contributed by atoms with Crippen molar-refractivity contribution in [2.24, 2.45) is 5.92 Å². The Morgan fingerprint density at radius 2 is 2.28 bits per heavy atom. The highest BCUT2D eigenvalue weighted by Gasteiger charge is 2.27. The van der Waals surface area contributed by atoms with Gasteiger partial charge in [-0.3, -0.25) is 0 Å². The van der Waals surface area contributed by atoms with Crippen LogP contribution >= 0.6 is 15.9 Å². The van der Waals surface area contributed by atoms with E-state index in [1.165, 1.54) is 5.56 Å². The minimum Gasteiger partial charge on any atom is -0.379 e. The van der Waals surface area contributed by atoms with Crippen LogP contribution in [0.4, 0.5) is 0 Å². The number of halogens is 1. The predicted octanol–water partition coefficient (Wildman–Crippen LogP) is 2.12. The Labute approximate surface area is 118 Å². The molecule has 1 aromatic rings. The lowest BCUT2D eigenvalue weighted by atomic mass is 10.0. The summed E-state index contributed by atoms with van der Waals surface area (Å²) in [5.74, 6) is 0.590. The van der Waals surface area contributed by atoms with Crippen LogP contribution < -0.4 is 5.32 Å². The quantitative estimate of drug-likeness (QED) is 0.901. The number of likely N-dealkylation sites (N-methyl/N-ethyl adjacent to an activating group) is 1. The molecule has 18 heavy (non-hydrogen) atoms. The molecule has 1 heterocycles. The molecule has 4 heteroatoms. The van der Waals surface area contributed by atoms with Crippen molar-refractivity contribution in [3.8, 4) is 0 Å². The Kier molecular flexibility index (Phi) is 5.18. The fourth-order valence-electron chi connectivity index (χ4n) is 2.51. The molecular weight excluding hydrogens is 292 g/mol. The van der Waals surface area contributed by atoms with E-state index < -0.39 is 0 Å². The van der Waals surface area contributed by atoms with Crippen molar-refractivity contribution >= 4 is 15.9 Å². The van der Waals surface area contributed by atoms with E-state index in [2.05, 4.69) is 57.5 Å². The average Bonchev–Trinajstić information content (AvgIpc) is 2.76. The summed E-state index contributed by atoms with van der Waals surface area (Å²) in [6.45, 7) is 3.75. The molecule has 0 radical (unpaired) electrons. The molecule has 0 aromatic heterocycles. The van der Waals surface area contributed by atoms with Gasteiger partial charge in [0, 0.05) is 29.5 Å². The van der Waals surface area contributed by atoms with E-state index in [4.69, 9.17) is 4.74 Å². The molecule has 0 amide bonds. The molecule has 0 saturated carbocycles. The molecule has 2 unspecified atom stereocenters. The first-order valence-electron chi connectivity index (χ1n) is 6.37. The second-order valence-corrected chi connectivity index (χ2v) is 5.94. The van der Waals surface area contributed by atoms with E-state index in [0.717, 1.165) is 30.8 Å². The van der Waals surface area contributed by atoms with E-state index >= 15 is 0 Å². The molecule has 2 atom stereocenters. The van der Waals surface area contributed by atoms with Gasteiger partial charge in [0.15, 0.2) is 0 Å². The Morgan fingerprint density at radius 3 is 3.00 bits per heavy atom. The summed E-state index contributed by atoms with van der Waals surface area (Å²) >= 11 is 3.51. The lowest BCUT2D eigenvalue weighted by Gasteiger charge is -2.24. The summed E-state index contributed by atoms with van der Waals surface area (Å²) < 4.78 is 6.68. The van der Waals surface area contributed by atoms with Crippen LogP contribution in [0.5, 0.6) is 0 Å². The number of hydrogen-bond donors (Lipinski definition) is 1. The predicted molar refractivity (Wildman–Crippen MR) is 77.6 cm³/mol. The minimum atomic E-state index is 0.495. The molecule has 1 saturated heterocycles. The number of ether oxygens (including phenoxy) is 1. The number of hydrogen-bond acceptors (Lipinski definition) is 3. The van der Waals surface area contributed by atoms with Crippen LogP contribution in [-0.2, 0) is 11.3 Å². The van der Waals surface area contributed by atoms with Gasteiger partial charge < -0.3 is 15.0 Å². The first-order valence-corrected chi connectivity index (χ1v) is 7.16. The second-order valence-electron chi connectivity index (χ2n) is 5.02. The van der Waals surface area contributed by atoms with E-state index in [-0.39, 0.29) is 0 Å². The van der Waals surface area contributed by atoms with Crippen molar-refractivity contribution in [2.75, 3.05) is 33.9 Å². The van der Waals surface area contributed by atoms with Crippen LogP contribution in [0.2, 0.25) is 0 Å². The molecule has 0 bridgehead atoms. The van der Waals surface area contributed by atoms with Gasteiger partial charge in [-0.2, -0.15) is 0 Å². The van der Waals surface area contributed by atoms with E-state index in [1.807, 2.05) is 7.05 Å². The molecular formula is C14H21BrN2O. The van der Waals surface area contributed by atoms with Crippen molar-refractivity contribution in [2.45, 2.75) is 12.6 Å². The van der Waals surface area contributed by atoms with Gasteiger partial charge >= 0.3 is 0 Å². The standard InChI is InChI=1S/C14H21BrN2O/c1-16-14-10-18-9-12(14)8-17(2)7-11-4-3-5-13(15)6-11/h3-6,12,14,16H,7-10H2,1-2H3. The van der Waals surface area contributed by atoms with Crippen LogP contribution in [0.25, 0.3) is 0 Å². The van der Waals surface area contributed by atoms with Gasteiger partial charge in [-0.25, -0.2) is 0 Å². The zero-order valence-electron chi connectivity index (χ0n) is 11.0. The third-order valence-corrected chi connectivity index (χ3v) is 3.95. The highest BCUT2D eigenvalue weighted by molar-refractivity contribution is 9.10. The summed E-state index contributed by atoms with van der Waals surface area (Å²) in [4.78, 5) is 2.37. The number of benzene rings is 1. The van der Waals surface area contributed by atoms with Gasteiger partial charge in [-0.05, 0) is 31.8 Å². The smallest absolute Gasteiger partial charge is 0.0623 e. The highest BCUT2D eigenvalue weighted by Crippen LogP contribution is 2.17. The molecule has 1 aliphatic heterocycles. The van der Waals surface area contributed by atoms with Gasteiger partial charge in [0.25, 0.3) is 0 Å². The molecule has 2 rings (SSSR count). The normalized spacial score (nSPS) is 23.8.